The molecule has 11 heteroatoms. The van der Waals surface area contributed by atoms with Gasteiger partial charge in [0.05, 0.1) is 29.4 Å². The molecule has 0 unspecified atom stereocenters. The van der Waals surface area contributed by atoms with Gasteiger partial charge in [-0.15, -0.1) is 0 Å². The van der Waals surface area contributed by atoms with Gasteiger partial charge in [0.15, 0.2) is 5.76 Å². The van der Waals surface area contributed by atoms with Crippen LogP contribution in [0.1, 0.15) is 19.4 Å². The van der Waals surface area contributed by atoms with E-state index in [1.54, 1.807) is 44.2 Å². The van der Waals surface area contributed by atoms with E-state index in [2.05, 4.69) is 15.0 Å². The van der Waals surface area contributed by atoms with Gasteiger partial charge in [-0.3, -0.25) is 4.72 Å². The molecule has 0 radical (unpaired) electrons. The highest BCUT2D eigenvalue weighted by molar-refractivity contribution is 7.92. The van der Waals surface area contributed by atoms with Gasteiger partial charge >= 0.3 is 6.09 Å². The van der Waals surface area contributed by atoms with E-state index in [0.29, 0.717) is 33.5 Å². The Hall–Kier alpha value is -3.86. The average Bonchev–Trinajstić information content (AvgIpc) is 3.29. The van der Waals surface area contributed by atoms with E-state index < -0.39 is 27.5 Å². The molecule has 1 aliphatic heterocycles. The van der Waals surface area contributed by atoms with Gasteiger partial charge in [0, 0.05) is 16.6 Å². The second kappa shape index (κ2) is 7.07. The molecule has 170 valence electrons. The van der Waals surface area contributed by atoms with E-state index in [0.717, 1.165) is 6.26 Å². The Balaban J connectivity index is 1.52. The van der Waals surface area contributed by atoms with Crippen molar-refractivity contribution < 1.29 is 26.8 Å². The summed E-state index contributed by atoms with van der Waals surface area (Å²) in [4.78, 5) is 17.0. The van der Waals surface area contributed by atoms with E-state index in [1.165, 1.54) is 22.9 Å². The lowest BCUT2D eigenvalue weighted by Gasteiger charge is -2.31. The molecule has 0 atom stereocenters. The largest absolute Gasteiger partial charge is 0.438 e. The van der Waals surface area contributed by atoms with E-state index in [4.69, 9.17) is 9.15 Å². The standard InChI is InChI=1S/C22H19FN4O5S/c1-22(2)16-9-13(23)7-12-8-17(27(19(12)16)21(28)32-22)18-11-24-20(31-18)25-14-5-4-6-15(10-14)26-33(3,29)30/h4-11,26H,1-3H3,(H,24,25). The van der Waals surface area contributed by atoms with Crippen LogP contribution in [0.4, 0.5) is 26.6 Å². The first kappa shape index (κ1) is 21.0. The molecule has 9 nitrogen and oxygen atoms in total. The molecule has 5 rings (SSSR count). The number of carbonyl (C=O) groups excluding carboxylic acids is 1. The molecule has 2 aromatic heterocycles. The molecule has 1 aliphatic rings. The van der Waals surface area contributed by atoms with Gasteiger partial charge in [0.1, 0.15) is 11.4 Å². The third kappa shape index (κ3) is 3.80. The molecule has 0 aliphatic carbocycles. The number of carbonyl (C=O) groups is 1. The highest BCUT2D eigenvalue weighted by Crippen LogP contribution is 2.41. The van der Waals surface area contributed by atoms with Crippen LogP contribution in [0.2, 0.25) is 0 Å². The Bertz CT molecular complexity index is 1540. The van der Waals surface area contributed by atoms with E-state index in [-0.39, 0.29) is 11.8 Å². The zero-order valence-corrected chi connectivity index (χ0v) is 18.7. The van der Waals surface area contributed by atoms with Gasteiger partial charge in [-0.05, 0) is 50.2 Å². The van der Waals surface area contributed by atoms with Crippen LogP contribution >= 0.6 is 0 Å². The zero-order valence-electron chi connectivity index (χ0n) is 17.8. The van der Waals surface area contributed by atoms with Crippen molar-refractivity contribution in [1.29, 1.82) is 0 Å². The number of hydrogen-bond donors (Lipinski definition) is 2. The monoisotopic (exact) mass is 470 g/mol. The first-order valence-electron chi connectivity index (χ1n) is 9.90. The first-order valence-corrected chi connectivity index (χ1v) is 11.8. The van der Waals surface area contributed by atoms with Crippen LogP contribution in [0.5, 0.6) is 0 Å². The maximum absolute atomic E-state index is 14.2. The topological polar surface area (TPSA) is 115 Å². The fraction of sp³-hybridized carbons (Fsp3) is 0.182. The normalized spacial score (nSPS) is 14.8. The van der Waals surface area contributed by atoms with Crippen LogP contribution in [0.25, 0.3) is 22.4 Å². The van der Waals surface area contributed by atoms with Crippen molar-refractivity contribution >= 4 is 44.4 Å². The van der Waals surface area contributed by atoms with Crippen LogP contribution in [0, 0.1) is 5.82 Å². The van der Waals surface area contributed by atoms with Gasteiger partial charge < -0.3 is 14.5 Å². The Morgan fingerprint density at radius 2 is 1.88 bits per heavy atom. The quantitative estimate of drug-likeness (QED) is 0.431. The van der Waals surface area contributed by atoms with E-state index >= 15 is 0 Å². The molecule has 0 bridgehead atoms. The van der Waals surface area contributed by atoms with Crippen molar-refractivity contribution in [2.24, 2.45) is 0 Å². The molecule has 0 fully saturated rings. The number of hydrogen-bond acceptors (Lipinski definition) is 7. The third-order valence-corrected chi connectivity index (χ3v) is 5.82. The van der Waals surface area contributed by atoms with Gasteiger partial charge in [0.2, 0.25) is 10.0 Å². The number of nitrogens with one attached hydrogen (secondary N) is 2. The van der Waals surface area contributed by atoms with Crippen molar-refractivity contribution in [2.75, 3.05) is 16.3 Å². The molecule has 4 aromatic rings. The van der Waals surface area contributed by atoms with Crippen molar-refractivity contribution in [1.82, 2.24) is 9.55 Å². The van der Waals surface area contributed by atoms with Crippen LogP contribution in [0.3, 0.4) is 0 Å². The number of nitrogens with zero attached hydrogens (tertiary/aromatic N) is 2. The summed E-state index contributed by atoms with van der Waals surface area (Å²) >= 11 is 0. The summed E-state index contributed by atoms with van der Waals surface area (Å²) in [5.74, 6) is -0.170. The first-order chi connectivity index (χ1) is 15.5. The summed E-state index contributed by atoms with van der Waals surface area (Å²) in [6.45, 7) is 3.41. The summed E-state index contributed by atoms with van der Waals surface area (Å²) in [5.41, 5.74) is 1.39. The number of aromatic nitrogens is 2. The SMILES string of the molecule is CC1(C)OC(=O)n2c(-c3cnc(Nc4cccc(NS(C)(=O)=O)c4)o3)cc3cc(F)cc1c32. The molecule has 0 spiro atoms. The van der Waals surface area contributed by atoms with Crippen molar-refractivity contribution in [3.63, 3.8) is 0 Å². The second-order valence-electron chi connectivity index (χ2n) is 8.24. The number of halogens is 1. The number of benzene rings is 2. The van der Waals surface area contributed by atoms with Crippen LogP contribution in [0.15, 0.2) is 53.1 Å². The summed E-state index contributed by atoms with van der Waals surface area (Å²) in [5, 5.41) is 3.49. The molecular weight excluding hydrogens is 451 g/mol. The van der Waals surface area contributed by atoms with Crippen molar-refractivity contribution in [3.8, 4) is 11.5 Å². The number of cyclic esters (lactones) is 1. The fourth-order valence-corrected chi connectivity index (χ4v) is 4.46. The van der Waals surface area contributed by atoms with Crippen molar-refractivity contribution in [2.45, 2.75) is 19.4 Å². The summed E-state index contributed by atoms with van der Waals surface area (Å²) in [7, 11) is -3.42. The average molecular weight is 470 g/mol. The predicted octanol–water partition coefficient (Wildman–Crippen LogP) is 4.78. The van der Waals surface area contributed by atoms with Gasteiger partial charge in [-0.2, -0.15) is 0 Å². The number of oxazole rings is 1. The minimum atomic E-state index is -3.42. The molecule has 3 heterocycles. The van der Waals surface area contributed by atoms with Gasteiger partial charge in [-0.1, -0.05) is 6.07 Å². The lowest BCUT2D eigenvalue weighted by atomic mass is 9.95. The number of ether oxygens (including phenoxy) is 1. The highest BCUT2D eigenvalue weighted by Gasteiger charge is 2.37. The molecule has 2 aromatic carbocycles. The van der Waals surface area contributed by atoms with Gasteiger partial charge in [0.25, 0.3) is 6.01 Å². The Morgan fingerprint density at radius 1 is 1.12 bits per heavy atom. The van der Waals surface area contributed by atoms with Crippen LogP contribution in [-0.2, 0) is 20.4 Å². The maximum atomic E-state index is 14.2. The second-order valence-corrected chi connectivity index (χ2v) is 9.99. The number of sulfonamides is 1. The maximum Gasteiger partial charge on any atom is 0.419 e. The van der Waals surface area contributed by atoms with Crippen molar-refractivity contribution in [3.05, 3.63) is 60.0 Å². The lowest BCUT2D eigenvalue weighted by Crippen LogP contribution is -2.34. The molecule has 0 saturated heterocycles. The number of rotatable bonds is 5. The summed E-state index contributed by atoms with van der Waals surface area (Å²) in [6.07, 6.45) is 1.89. The molecule has 33 heavy (non-hydrogen) atoms. The highest BCUT2D eigenvalue weighted by atomic mass is 32.2. The Kier molecular flexibility index (Phi) is 4.50. The zero-order chi connectivity index (χ0) is 23.5. The summed E-state index contributed by atoms with van der Waals surface area (Å²) < 4.78 is 52.2. The predicted molar refractivity (Wildman–Crippen MR) is 120 cm³/mol. The Morgan fingerprint density at radius 3 is 2.64 bits per heavy atom. The molecule has 0 amide bonds. The van der Waals surface area contributed by atoms with E-state index in [9.17, 15) is 17.6 Å². The minimum absolute atomic E-state index is 0.121. The van der Waals surface area contributed by atoms with Gasteiger partial charge in [-0.25, -0.2) is 27.2 Å². The smallest absolute Gasteiger partial charge is 0.419 e. The molecule has 0 saturated carbocycles. The Labute approximate surface area is 188 Å². The fourth-order valence-electron chi connectivity index (χ4n) is 3.91. The third-order valence-electron chi connectivity index (χ3n) is 5.21. The molecule has 2 N–H and O–H groups in total. The summed E-state index contributed by atoms with van der Waals surface area (Å²) in [6, 6.07) is 11.0. The minimum Gasteiger partial charge on any atom is -0.438 e. The lowest BCUT2D eigenvalue weighted by molar-refractivity contribution is 0.0331. The number of anilines is 3. The van der Waals surface area contributed by atoms with Crippen LogP contribution in [-0.4, -0.2) is 30.3 Å². The molecular formula is C22H19FN4O5S. The van der Waals surface area contributed by atoms with Crippen LogP contribution < -0.4 is 10.0 Å². The van der Waals surface area contributed by atoms with E-state index in [1.807, 2.05) is 0 Å².